The average Bonchev–Trinajstić information content (AvgIpc) is 3.10. The number of nitrogens with zero attached hydrogens (tertiary/aromatic N) is 4. The standard InChI is InChI=1S/C20H31N5O3/c1-14-13-24(15(12-21-14)9-11-27-3)20-19-16(7-8-17(26)23(19)2)22-25(20)18-6-4-5-10-28-18/h7-8,14-15,18,21H,4-6,9-13H2,1-3H3/t14-,15+,18?/m1/s1. The number of methoxy groups -OCH3 is 1. The minimum Gasteiger partial charge on any atom is -0.385 e. The zero-order chi connectivity index (χ0) is 19.7. The van der Waals surface area contributed by atoms with Gasteiger partial charge in [-0.3, -0.25) is 4.79 Å². The van der Waals surface area contributed by atoms with Crippen LogP contribution in [0.25, 0.3) is 11.0 Å². The van der Waals surface area contributed by atoms with E-state index in [1.165, 1.54) is 0 Å². The summed E-state index contributed by atoms with van der Waals surface area (Å²) in [7, 11) is 3.57. The van der Waals surface area contributed by atoms with E-state index in [-0.39, 0.29) is 17.8 Å². The molecule has 1 N–H and O–H groups in total. The lowest BCUT2D eigenvalue weighted by molar-refractivity contribution is -0.0384. The Hall–Kier alpha value is -1.90. The van der Waals surface area contributed by atoms with Crippen LogP contribution in [0.15, 0.2) is 16.9 Å². The Labute approximate surface area is 165 Å². The average molecular weight is 390 g/mol. The molecule has 2 fully saturated rings. The number of rotatable bonds is 5. The van der Waals surface area contributed by atoms with Crippen molar-refractivity contribution >= 4 is 16.9 Å². The van der Waals surface area contributed by atoms with Crippen molar-refractivity contribution in [1.82, 2.24) is 19.7 Å². The van der Waals surface area contributed by atoms with Crippen molar-refractivity contribution in [2.75, 3.05) is 38.3 Å². The van der Waals surface area contributed by atoms with Crippen LogP contribution in [0.5, 0.6) is 0 Å². The molecule has 2 saturated heterocycles. The third kappa shape index (κ3) is 3.56. The van der Waals surface area contributed by atoms with Crippen LogP contribution in [0.3, 0.4) is 0 Å². The Morgan fingerprint density at radius 2 is 2.21 bits per heavy atom. The first-order chi connectivity index (χ1) is 13.6. The van der Waals surface area contributed by atoms with E-state index in [9.17, 15) is 4.79 Å². The third-order valence-corrected chi connectivity index (χ3v) is 5.91. The van der Waals surface area contributed by atoms with Crippen molar-refractivity contribution < 1.29 is 9.47 Å². The van der Waals surface area contributed by atoms with Gasteiger partial charge in [-0.05, 0) is 38.7 Å². The smallest absolute Gasteiger partial charge is 0.250 e. The summed E-state index contributed by atoms with van der Waals surface area (Å²) < 4.78 is 15.2. The molecule has 2 aromatic heterocycles. The molecule has 0 radical (unpaired) electrons. The first-order valence-corrected chi connectivity index (χ1v) is 10.3. The predicted octanol–water partition coefficient (Wildman–Crippen LogP) is 1.64. The fourth-order valence-electron chi connectivity index (χ4n) is 4.35. The molecular formula is C20H31N5O3. The Morgan fingerprint density at radius 3 is 2.96 bits per heavy atom. The summed E-state index contributed by atoms with van der Waals surface area (Å²) >= 11 is 0. The molecule has 2 aliphatic rings. The van der Waals surface area contributed by atoms with Crippen molar-refractivity contribution in [3.05, 3.63) is 22.5 Å². The monoisotopic (exact) mass is 389 g/mol. The summed E-state index contributed by atoms with van der Waals surface area (Å²) in [5.74, 6) is 0.997. The highest BCUT2D eigenvalue weighted by Crippen LogP contribution is 2.34. The molecule has 2 aliphatic heterocycles. The second kappa shape index (κ2) is 8.23. The molecule has 0 bridgehead atoms. The molecule has 0 aromatic carbocycles. The lowest BCUT2D eigenvalue weighted by atomic mass is 10.1. The molecule has 3 atom stereocenters. The van der Waals surface area contributed by atoms with Gasteiger partial charge in [0.05, 0.1) is 0 Å². The molecule has 0 spiro atoms. The van der Waals surface area contributed by atoms with Crippen molar-refractivity contribution in [3.8, 4) is 0 Å². The molecule has 4 rings (SSSR count). The summed E-state index contributed by atoms with van der Waals surface area (Å²) in [5.41, 5.74) is 1.70. The molecule has 8 nitrogen and oxygen atoms in total. The fraction of sp³-hybridized carbons (Fsp3) is 0.700. The van der Waals surface area contributed by atoms with Gasteiger partial charge in [0, 0.05) is 58.6 Å². The number of nitrogens with one attached hydrogen (secondary N) is 1. The number of hydrogen-bond acceptors (Lipinski definition) is 6. The highest BCUT2D eigenvalue weighted by Gasteiger charge is 2.33. The molecule has 0 amide bonds. The number of fused-ring (bicyclic) bond motifs is 1. The van der Waals surface area contributed by atoms with Gasteiger partial charge in [0.1, 0.15) is 11.0 Å². The van der Waals surface area contributed by atoms with E-state index in [0.717, 1.165) is 62.2 Å². The summed E-state index contributed by atoms with van der Waals surface area (Å²) in [6, 6.07) is 4.04. The first kappa shape index (κ1) is 19.4. The minimum absolute atomic E-state index is 0.0190. The second-order valence-electron chi connectivity index (χ2n) is 7.95. The van der Waals surface area contributed by atoms with E-state index in [1.54, 1.807) is 17.7 Å². The van der Waals surface area contributed by atoms with Gasteiger partial charge in [-0.15, -0.1) is 0 Å². The largest absolute Gasteiger partial charge is 0.385 e. The van der Waals surface area contributed by atoms with Crippen molar-refractivity contribution in [3.63, 3.8) is 0 Å². The number of aromatic nitrogens is 3. The lowest BCUT2D eigenvalue weighted by Gasteiger charge is -2.41. The van der Waals surface area contributed by atoms with E-state index >= 15 is 0 Å². The normalized spacial score (nSPS) is 26.1. The number of pyridine rings is 1. The summed E-state index contributed by atoms with van der Waals surface area (Å²) in [4.78, 5) is 14.8. The van der Waals surface area contributed by atoms with Gasteiger partial charge < -0.3 is 24.3 Å². The van der Waals surface area contributed by atoms with Crippen molar-refractivity contribution in [2.24, 2.45) is 7.05 Å². The summed E-state index contributed by atoms with van der Waals surface area (Å²) in [6.45, 7) is 5.37. The van der Waals surface area contributed by atoms with E-state index in [0.29, 0.717) is 12.6 Å². The Balaban J connectivity index is 1.86. The third-order valence-electron chi connectivity index (χ3n) is 5.91. The molecule has 154 valence electrons. The van der Waals surface area contributed by atoms with Crippen LogP contribution in [-0.2, 0) is 16.5 Å². The molecule has 8 heteroatoms. The van der Waals surface area contributed by atoms with Gasteiger partial charge in [-0.1, -0.05) is 0 Å². The van der Waals surface area contributed by atoms with Gasteiger partial charge in [0.25, 0.3) is 5.56 Å². The SMILES string of the molecule is COCC[C@H]1CN[C@H](C)CN1c1c2c(ccc(=O)n2C)nn1C1CCCCO1. The Morgan fingerprint density at radius 1 is 1.36 bits per heavy atom. The fourth-order valence-corrected chi connectivity index (χ4v) is 4.35. The van der Waals surface area contributed by atoms with Gasteiger partial charge >= 0.3 is 0 Å². The molecule has 2 aromatic rings. The maximum atomic E-state index is 12.4. The highest BCUT2D eigenvalue weighted by atomic mass is 16.5. The van der Waals surface area contributed by atoms with E-state index in [2.05, 4.69) is 17.1 Å². The van der Waals surface area contributed by atoms with Crippen molar-refractivity contribution in [1.29, 1.82) is 0 Å². The molecule has 0 saturated carbocycles. The van der Waals surface area contributed by atoms with Gasteiger partial charge in [-0.25, -0.2) is 4.68 Å². The van der Waals surface area contributed by atoms with Crippen LogP contribution in [-0.4, -0.2) is 59.8 Å². The van der Waals surface area contributed by atoms with Crippen LogP contribution in [0, 0.1) is 0 Å². The number of hydrogen-bond donors (Lipinski definition) is 1. The van der Waals surface area contributed by atoms with E-state index in [4.69, 9.17) is 14.6 Å². The molecule has 1 unspecified atom stereocenters. The van der Waals surface area contributed by atoms with Crippen LogP contribution in [0.4, 0.5) is 5.82 Å². The van der Waals surface area contributed by atoms with Crippen LogP contribution in [0.2, 0.25) is 0 Å². The Bertz CT molecular complexity index is 869. The van der Waals surface area contributed by atoms with Gasteiger partial charge in [0.2, 0.25) is 0 Å². The number of aryl methyl sites for hydroxylation is 1. The molecular weight excluding hydrogens is 358 g/mol. The molecule has 28 heavy (non-hydrogen) atoms. The van der Waals surface area contributed by atoms with E-state index in [1.807, 2.05) is 17.8 Å². The zero-order valence-electron chi connectivity index (χ0n) is 17.1. The minimum atomic E-state index is -0.0838. The molecule has 0 aliphatic carbocycles. The summed E-state index contributed by atoms with van der Waals surface area (Å²) in [6.07, 6.45) is 3.99. The Kier molecular flexibility index (Phi) is 5.70. The predicted molar refractivity (Wildman–Crippen MR) is 109 cm³/mol. The maximum absolute atomic E-state index is 12.4. The topological polar surface area (TPSA) is 73.5 Å². The highest BCUT2D eigenvalue weighted by molar-refractivity contribution is 5.87. The van der Waals surface area contributed by atoms with E-state index < -0.39 is 0 Å². The number of anilines is 1. The second-order valence-corrected chi connectivity index (χ2v) is 7.95. The first-order valence-electron chi connectivity index (χ1n) is 10.3. The van der Waals surface area contributed by atoms with Crippen LogP contribution < -0.4 is 15.8 Å². The number of piperazine rings is 1. The van der Waals surface area contributed by atoms with Crippen molar-refractivity contribution in [2.45, 2.75) is 50.9 Å². The molecule has 4 heterocycles. The van der Waals surface area contributed by atoms with Gasteiger partial charge in [-0.2, -0.15) is 5.10 Å². The summed E-state index contributed by atoms with van der Waals surface area (Å²) in [5, 5.41) is 8.47. The van der Waals surface area contributed by atoms with Crippen LogP contribution >= 0.6 is 0 Å². The lowest BCUT2D eigenvalue weighted by Crippen LogP contribution is -2.56. The van der Waals surface area contributed by atoms with Crippen LogP contribution in [0.1, 0.15) is 38.8 Å². The number of ether oxygens (including phenoxy) is 2. The maximum Gasteiger partial charge on any atom is 0.250 e. The zero-order valence-corrected chi connectivity index (χ0v) is 17.1. The quantitative estimate of drug-likeness (QED) is 0.838. The van der Waals surface area contributed by atoms with Gasteiger partial charge in [0.15, 0.2) is 12.0 Å².